The van der Waals surface area contributed by atoms with E-state index in [4.69, 9.17) is 24.7 Å². The maximum atomic E-state index is 11.3. The summed E-state index contributed by atoms with van der Waals surface area (Å²) in [6.07, 6.45) is 0.407. The summed E-state index contributed by atoms with van der Waals surface area (Å²) >= 11 is 0. The van der Waals surface area contributed by atoms with Gasteiger partial charge in [0, 0.05) is 6.07 Å². The van der Waals surface area contributed by atoms with Crippen LogP contribution in [0.4, 0.5) is 5.82 Å². The minimum atomic E-state index is -3.61. The summed E-state index contributed by atoms with van der Waals surface area (Å²) in [5, 5.41) is 0. The summed E-state index contributed by atoms with van der Waals surface area (Å²) in [6, 6.07) is 1.40. The van der Waals surface area contributed by atoms with Gasteiger partial charge in [0.05, 0.1) is 12.8 Å². The summed E-state index contributed by atoms with van der Waals surface area (Å²) < 4.78 is 21.7. The van der Waals surface area contributed by atoms with Gasteiger partial charge in [-0.3, -0.25) is 4.57 Å². The van der Waals surface area contributed by atoms with Crippen molar-refractivity contribution in [2.24, 2.45) is 0 Å². The Morgan fingerprint density at radius 1 is 1.72 bits per heavy atom. The zero-order chi connectivity index (χ0) is 13.2. The fourth-order valence-electron chi connectivity index (χ4n) is 1.25. The highest BCUT2D eigenvalue weighted by atomic mass is 31.2. The molecule has 1 aromatic rings. The molecule has 1 fully saturated rings. The molecule has 2 heterocycles. The third kappa shape index (κ3) is 3.30. The Morgan fingerprint density at radius 2 is 2.50 bits per heavy atom. The topological polar surface area (TPSA) is 126 Å². The van der Waals surface area contributed by atoms with Crippen molar-refractivity contribution in [2.75, 3.05) is 25.3 Å². The molecule has 0 amide bonds. The highest BCUT2D eigenvalue weighted by molar-refractivity contribution is 7.52. The van der Waals surface area contributed by atoms with Gasteiger partial charge < -0.3 is 24.7 Å². The van der Waals surface area contributed by atoms with Gasteiger partial charge in [-0.1, -0.05) is 0 Å². The van der Waals surface area contributed by atoms with E-state index in [1.165, 1.54) is 12.3 Å². The van der Waals surface area contributed by atoms with E-state index in [-0.39, 0.29) is 19.0 Å². The van der Waals surface area contributed by atoms with E-state index >= 15 is 0 Å². The second-order valence-electron chi connectivity index (χ2n) is 3.61. The largest absolute Gasteiger partial charge is 0.407 e. The van der Waals surface area contributed by atoms with Crippen molar-refractivity contribution >= 4 is 13.4 Å². The molecule has 9 nitrogen and oxygen atoms in total. The fraction of sp³-hybridized carbons (Fsp3) is 0.500. The summed E-state index contributed by atoms with van der Waals surface area (Å²) in [6.45, 7) is -0.0869. The minimum absolute atomic E-state index is 0.00843. The average Bonchev–Trinajstić information content (AvgIpc) is 2.29. The summed E-state index contributed by atoms with van der Waals surface area (Å²) in [5.41, 5.74) is 4.66. The standard InChI is InChI=1S/C8H12N3O6P/c9-7-1-2-11(8(12)10-7)16-3-6-4-17-18(13,14)5-15-6/h1-2,6H,3-5H2,(H,13,14)(H2,9,10,12). The van der Waals surface area contributed by atoms with Gasteiger partial charge in [0.1, 0.15) is 24.9 Å². The number of hydrogen-bond donors (Lipinski definition) is 2. The van der Waals surface area contributed by atoms with Crippen molar-refractivity contribution < 1.29 is 23.6 Å². The molecule has 0 radical (unpaired) electrons. The number of nitrogen functional groups attached to an aromatic ring is 1. The SMILES string of the molecule is Nc1ccn(OCC2COP(=O)(O)CO2)c(=O)n1. The van der Waals surface area contributed by atoms with Crippen molar-refractivity contribution in [3.05, 3.63) is 22.7 Å². The van der Waals surface area contributed by atoms with E-state index in [9.17, 15) is 9.36 Å². The van der Waals surface area contributed by atoms with Crippen LogP contribution in [0.5, 0.6) is 0 Å². The first-order valence-corrected chi connectivity index (χ1v) is 6.79. The molecule has 100 valence electrons. The average molecular weight is 277 g/mol. The van der Waals surface area contributed by atoms with Crippen LogP contribution >= 0.6 is 7.60 Å². The molecule has 2 rings (SSSR count). The first-order chi connectivity index (χ1) is 8.46. The molecule has 18 heavy (non-hydrogen) atoms. The van der Waals surface area contributed by atoms with Crippen molar-refractivity contribution in [3.63, 3.8) is 0 Å². The van der Waals surface area contributed by atoms with Gasteiger partial charge in [-0.2, -0.15) is 4.98 Å². The highest BCUT2D eigenvalue weighted by Crippen LogP contribution is 2.44. The van der Waals surface area contributed by atoms with Gasteiger partial charge in [0.25, 0.3) is 0 Å². The smallest absolute Gasteiger partial charge is 0.382 e. The van der Waals surface area contributed by atoms with Crippen LogP contribution in [0.25, 0.3) is 0 Å². The van der Waals surface area contributed by atoms with Crippen LogP contribution in [0.2, 0.25) is 0 Å². The molecule has 1 aliphatic rings. The van der Waals surface area contributed by atoms with Crippen LogP contribution in [-0.4, -0.2) is 40.3 Å². The molecule has 2 atom stereocenters. The third-order valence-electron chi connectivity index (χ3n) is 2.13. The second kappa shape index (κ2) is 5.07. The van der Waals surface area contributed by atoms with Crippen LogP contribution in [-0.2, 0) is 13.8 Å². The maximum absolute atomic E-state index is 11.3. The molecule has 0 aliphatic carbocycles. The zero-order valence-electron chi connectivity index (χ0n) is 9.26. The molecule has 1 aromatic heterocycles. The predicted octanol–water partition coefficient (Wildman–Crippen LogP) is -1.19. The molecule has 1 saturated heterocycles. The van der Waals surface area contributed by atoms with Gasteiger partial charge in [-0.15, -0.1) is 4.73 Å². The Morgan fingerprint density at radius 3 is 3.11 bits per heavy atom. The number of nitrogens with zero attached hydrogens (tertiary/aromatic N) is 2. The summed E-state index contributed by atoms with van der Waals surface area (Å²) in [4.78, 5) is 28.9. The summed E-state index contributed by atoms with van der Waals surface area (Å²) in [5.74, 6) is 0.0957. The molecule has 0 bridgehead atoms. The van der Waals surface area contributed by atoms with Gasteiger partial charge in [0.2, 0.25) is 0 Å². The highest BCUT2D eigenvalue weighted by Gasteiger charge is 2.30. The van der Waals surface area contributed by atoms with Gasteiger partial charge in [0.15, 0.2) is 0 Å². The number of anilines is 1. The minimum Gasteiger partial charge on any atom is -0.407 e. The number of nitrogens with two attached hydrogens (primary N) is 1. The molecule has 1 aliphatic heterocycles. The number of ether oxygens (including phenoxy) is 1. The second-order valence-corrected chi connectivity index (χ2v) is 5.40. The molecule has 0 spiro atoms. The molecule has 2 unspecified atom stereocenters. The Hall–Kier alpha value is -1.41. The lowest BCUT2D eigenvalue weighted by molar-refractivity contribution is -0.0539. The first-order valence-electron chi connectivity index (χ1n) is 5.03. The van der Waals surface area contributed by atoms with Crippen molar-refractivity contribution in [3.8, 4) is 0 Å². The van der Waals surface area contributed by atoms with E-state index < -0.39 is 25.7 Å². The van der Waals surface area contributed by atoms with Crippen molar-refractivity contribution in [2.45, 2.75) is 6.10 Å². The van der Waals surface area contributed by atoms with Gasteiger partial charge in [-0.25, -0.2) is 4.79 Å². The van der Waals surface area contributed by atoms with Crippen molar-refractivity contribution in [1.29, 1.82) is 0 Å². The van der Waals surface area contributed by atoms with E-state index in [0.29, 0.717) is 0 Å². The van der Waals surface area contributed by atoms with Crippen LogP contribution in [0.15, 0.2) is 17.1 Å². The molecule has 10 heteroatoms. The van der Waals surface area contributed by atoms with Crippen molar-refractivity contribution in [1.82, 2.24) is 9.71 Å². The Balaban J connectivity index is 1.89. The lowest BCUT2D eigenvalue weighted by Gasteiger charge is -2.25. The van der Waals surface area contributed by atoms with Gasteiger partial charge in [-0.05, 0) is 0 Å². The number of rotatable bonds is 3. The lowest BCUT2D eigenvalue weighted by Crippen LogP contribution is -2.37. The fourth-order valence-corrected chi connectivity index (χ4v) is 2.12. The Labute approximate surface area is 102 Å². The molecule has 3 N–H and O–H groups in total. The summed E-state index contributed by atoms with van der Waals surface area (Å²) in [7, 11) is -3.61. The molecular weight excluding hydrogens is 265 g/mol. The number of aromatic nitrogens is 2. The van der Waals surface area contributed by atoms with E-state index in [1.54, 1.807) is 0 Å². The van der Waals surface area contributed by atoms with Crippen LogP contribution in [0.3, 0.4) is 0 Å². The maximum Gasteiger partial charge on any atom is 0.382 e. The van der Waals surface area contributed by atoms with E-state index in [1.807, 2.05) is 0 Å². The van der Waals surface area contributed by atoms with E-state index in [2.05, 4.69) is 4.98 Å². The van der Waals surface area contributed by atoms with Crippen LogP contribution < -0.4 is 16.3 Å². The van der Waals surface area contributed by atoms with Crippen LogP contribution in [0.1, 0.15) is 0 Å². The monoisotopic (exact) mass is 277 g/mol. The first kappa shape index (κ1) is 13.0. The quantitative estimate of drug-likeness (QED) is 0.660. The number of hydrogen-bond acceptors (Lipinski definition) is 7. The lowest BCUT2D eigenvalue weighted by atomic mass is 10.4. The predicted molar refractivity (Wildman–Crippen MR) is 59.9 cm³/mol. The molecular formula is C8H12N3O6P. The Kier molecular flexibility index (Phi) is 3.67. The van der Waals surface area contributed by atoms with Crippen LogP contribution in [0, 0.1) is 0 Å². The Bertz CT molecular complexity index is 520. The molecule has 0 saturated carbocycles. The van der Waals surface area contributed by atoms with E-state index in [0.717, 1.165) is 4.73 Å². The van der Waals surface area contributed by atoms with Gasteiger partial charge >= 0.3 is 13.3 Å². The third-order valence-corrected chi connectivity index (χ3v) is 3.16. The zero-order valence-corrected chi connectivity index (χ0v) is 10.2. The molecule has 0 aromatic carbocycles. The normalized spacial score (nSPS) is 27.9.